The zero-order valence-electron chi connectivity index (χ0n) is 11.7. The van der Waals surface area contributed by atoms with Gasteiger partial charge in [0, 0.05) is 19.5 Å². The van der Waals surface area contributed by atoms with Crippen LogP contribution >= 0.6 is 0 Å². The molecule has 1 aromatic carbocycles. The Morgan fingerprint density at radius 2 is 2.15 bits per heavy atom. The fourth-order valence-corrected chi connectivity index (χ4v) is 2.07. The highest BCUT2D eigenvalue weighted by Gasteiger charge is 2.05. The van der Waals surface area contributed by atoms with E-state index in [1.807, 2.05) is 30.3 Å². The molecule has 0 spiro atoms. The van der Waals surface area contributed by atoms with Crippen molar-refractivity contribution in [3.8, 4) is 5.75 Å². The molecule has 4 heteroatoms. The molecular formula is C16H22N2O2. The number of amides is 1. The molecule has 1 aliphatic rings. The molecule has 1 amide bonds. The third-order valence-electron chi connectivity index (χ3n) is 3.23. The minimum absolute atomic E-state index is 0.0982. The van der Waals surface area contributed by atoms with E-state index in [4.69, 9.17) is 4.74 Å². The number of hydrogen-bond donors (Lipinski definition) is 2. The van der Waals surface area contributed by atoms with Gasteiger partial charge in [-0.05, 0) is 31.5 Å². The Balaban J connectivity index is 1.55. The summed E-state index contributed by atoms with van der Waals surface area (Å²) in [6, 6.07) is 9.67. The molecule has 1 aliphatic heterocycles. The van der Waals surface area contributed by atoms with E-state index in [1.165, 1.54) is 5.57 Å². The molecule has 0 radical (unpaired) electrons. The van der Waals surface area contributed by atoms with Crippen LogP contribution in [-0.2, 0) is 4.79 Å². The van der Waals surface area contributed by atoms with Gasteiger partial charge in [0.05, 0.1) is 6.61 Å². The number of hydrogen-bond acceptors (Lipinski definition) is 3. The van der Waals surface area contributed by atoms with Crippen LogP contribution in [0.5, 0.6) is 5.75 Å². The summed E-state index contributed by atoms with van der Waals surface area (Å²) in [4.78, 5) is 11.7. The molecule has 0 atom stereocenters. The van der Waals surface area contributed by atoms with Gasteiger partial charge in [-0.1, -0.05) is 29.8 Å². The number of para-hydroxylation sites is 1. The molecule has 108 valence electrons. The highest BCUT2D eigenvalue weighted by molar-refractivity contribution is 5.76. The number of nitrogens with one attached hydrogen (secondary N) is 2. The van der Waals surface area contributed by atoms with Gasteiger partial charge in [-0.3, -0.25) is 4.79 Å². The van der Waals surface area contributed by atoms with E-state index >= 15 is 0 Å². The summed E-state index contributed by atoms with van der Waals surface area (Å²) in [5.41, 5.74) is 1.32. The molecule has 0 aliphatic carbocycles. The lowest BCUT2D eigenvalue weighted by Gasteiger charge is -2.14. The standard InChI is InChI=1S/C16H22N2O2/c19-16(18-13-14-8-10-17-11-9-14)7-4-12-20-15-5-2-1-3-6-15/h1-3,5-6,8,17H,4,7,9-13H2,(H,18,19). The van der Waals surface area contributed by atoms with Gasteiger partial charge in [0.2, 0.25) is 5.91 Å². The molecule has 0 fully saturated rings. The van der Waals surface area contributed by atoms with Crippen LogP contribution in [0.25, 0.3) is 0 Å². The zero-order chi connectivity index (χ0) is 14.0. The van der Waals surface area contributed by atoms with Crippen LogP contribution in [0.15, 0.2) is 42.0 Å². The smallest absolute Gasteiger partial charge is 0.220 e. The topological polar surface area (TPSA) is 50.4 Å². The molecule has 0 saturated carbocycles. The van der Waals surface area contributed by atoms with Crippen molar-refractivity contribution in [2.45, 2.75) is 19.3 Å². The van der Waals surface area contributed by atoms with Gasteiger partial charge in [-0.2, -0.15) is 0 Å². The van der Waals surface area contributed by atoms with Gasteiger partial charge in [0.25, 0.3) is 0 Å². The largest absolute Gasteiger partial charge is 0.494 e. The van der Waals surface area contributed by atoms with E-state index < -0.39 is 0 Å². The quantitative estimate of drug-likeness (QED) is 0.589. The molecule has 2 rings (SSSR count). The Morgan fingerprint density at radius 3 is 2.90 bits per heavy atom. The summed E-state index contributed by atoms with van der Waals surface area (Å²) in [5.74, 6) is 0.953. The number of ether oxygens (including phenoxy) is 1. The van der Waals surface area contributed by atoms with Gasteiger partial charge < -0.3 is 15.4 Å². The van der Waals surface area contributed by atoms with Gasteiger partial charge in [0.1, 0.15) is 5.75 Å². The van der Waals surface area contributed by atoms with Crippen molar-refractivity contribution in [3.05, 3.63) is 42.0 Å². The van der Waals surface area contributed by atoms with Crippen molar-refractivity contribution in [2.24, 2.45) is 0 Å². The Morgan fingerprint density at radius 1 is 1.30 bits per heavy atom. The summed E-state index contributed by atoms with van der Waals surface area (Å²) >= 11 is 0. The second-order valence-electron chi connectivity index (χ2n) is 4.86. The fraction of sp³-hybridized carbons (Fsp3) is 0.438. The molecule has 2 N–H and O–H groups in total. The number of rotatable bonds is 7. The molecule has 0 aromatic heterocycles. The van der Waals surface area contributed by atoms with Crippen LogP contribution in [0.4, 0.5) is 0 Å². The highest BCUT2D eigenvalue weighted by Crippen LogP contribution is 2.08. The van der Waals surface area contributed by atoms with E-state index in [0.29, 0.717) is 19.6 Å². The zero-order valence-corrected chi connectivity index (χ0v) is 11.7. The van der Waals surface area contributed by atoms with Crippen LogP contribution in [0.2, 0.25) is 0 Å². The molecule has 1 heterocycles. The maximum atomic E-state index is 11.7. The average molecular weight is 274 g/mol. The molecule has 0 saturated heterocycles. The molecule has 20 heavy (non-hydrogen) atoms. The van der Waals surface area contributed by atoms with E-state index in [1.54, 1.807) is 0 Å². The van der Waals surface area contributed by atoms with Crippen molar-refractivity contribution in [3.63, 3.8) is 0 Å². The summed E-state index contributed by atoms with van der Waals surface area (Å²) in [6.07, 6.45) is 4.43. The first kappa shape index (κ1) is 14.6. The maximum absolute atomic E-state index is 11.7. The van der Waals surface area contributed by atoms with Crippen LogP contribution in [0, 0.1) is 0 Å². The minimum atomic E-state index is 0.0982. The van der Waals surface area contributed by atoms with E-state index in [-0.39, 0.29) is 5.91 Å². The second kappa shape index (κ2) is 8.38. The number of carbonyl (C=O) groups is 1. The number of carbonyl (C=O) groups excluding carboxylic acids is 1. The molecule has 0 bridgehead atoms. The Kier molecular flexibility index (Phi) is 6.11. The normalized spacial score (nSPS) is 14.5. The minimum Gasteiger partial charge on any atom is -0.494 e. The van der Waals surface area contributed by atoms with Crippen LogP contribution in [0.1, 0.15) is 19.3 Å². The molecule has 0 unspecified atom stereocenters. The molecular weight excluding hydrogens is 252 g/mol. The van der Waals surface area contributed by atoms with Crippen molar-refractivity contribution in [1.82, 2.24) is 10.6 Å². The van der Waals surface area contributed by atoms with Crippen LogP contribution < -0.4 is 15.4 Å². The van der Waals surface area contributed by atoms with Crippen LogP contribution in [-0.4, -0.2) is 32.1 Å². The number of benzene rings is 1. The molecule has 1 aromatic rings. The summed E-state index contributed by atoms with van der Waals surface area (Å²) < 4.78 is 5.55. The van der Waals surface area contributed by atoms with E-state index in [2.05, 4.69) is 16.7 Å². The average Bonchev–Trinajstić information content (AvgIpc) is 2.52. The van der Waals surface area contributed by atoms with Crippen molar-refractivity contribution in [2.75, 3.05) is 26.2 Å². The first-order valence-corrected chi connectivity index (χ1v) is 7.18. The van der Waals surface area contributed by atoms with E-state index in [0.717, 1.165) is 31.7 Å². The maximum Gasteiger partial charge on any atom is 0.220 e. The van der Waals surface area contributed by atoms with E-state index in [9.17, 15) is 4.79 Å². The summed E-state index contributed by atoms with van der Waals surface area (Å²) in [6.45, 7) is 3.17. The Bertz CT molecular complexity index is 443. The van der Waals surface area contributed by atoms with Crippen molar-refractivity contribution in [1.29, 1.82) is 0 Å². The predicted molar refractivity (Wildman–Crippen MR) is 79.8 cm³/mol. The summed E-state index contributed by atoms with van der Waals surface area (Å²) in [5, 5.41) is 6.21. The van der Waals surface area contributed by atoms with Crippen molar-refractivity contribution < 1.29 is 9.53 Å². The van der Waals surface area contributed by atoms with Crippen LogP contribution in [0.3, 0.4) is 0 Å². The summed E-state index contributed by atoms with van der Waals surface area (Å²) in [7, 11) is 0. The lowest BCUT2D eigenvalue weighted by Crippen LogP contribution is -2.29. The highest BCUT2D eigenvalue weighted by atomic mass is 16.5. The monoisotopic (exact) mass is 274 g/mol. The van der Waals surface area contributed by atoms with Gasteiger partial charge in [-0.25, -0.2) is 0 Å². The second-order valence-corrected chi connectivity index (χ2v) is 4.86. The third kappa shape index (κ3) is 5.45. The SMILES string of the molecule is O=C(CCCOc1ccccc1)NCC1=CCNCC1. The Hall–Kier alpha value is -1.81. The lowest BCUT2D eigenvalue weighted by atomic mass is 10.1. The van der Waals surface area contributed by atoms with Gasteiger partial charge >= 0.3 is 0 Å². The first-order chi connectivity index (χ1) is 9.84. The fourth-order valence-electron chi connectivity index (χ4n) is 2.07. The third-order valence-corrected chi connectivity index (χ3v) is 3.23. The van der Waals surface area contributed by atoms with Crippen molar-refractivity contribution >= 4 is 5.91 Å². The van der Waals surface area contributed by atoms with Gasteiger partial charge in [0.15, 0.2) is 0 Å². The predicted octanol–water partition coefficient (Wildman–Crippen LogP) is 1.88. The Labute approximate surface area is 120 Å². The molecule has 4 nitrogen and oxygen atoms in total. The lowest BCUT2D eigenvalue weighted by molar-refractivity contribution is -0.121. The first-order valence-electron chi connectivity index (χ1n) is 7.18. The van der Waals surface area contributed by atoms with Gasteiger partial charge in [-0.15, -0.1) is 0 Å².